The number of carbonyl (C=O) groups is 1. The summed E-state index contributed by atoms with van der Waals surface area (Å²) in [6.07, 6.45) is 0. The van der Waals surface area contributed by atoms with Crippen LogP contribution in [0, 0.1) is 0 Å². The molecule has 6 heteroatoms. The van der Waals surface area contributed by atoms with Gasteiger partial charge in [0.2, 0.25) is 0 Å². The third kappa shape index (κ3) is 2.73. The molecule has 2 N–H and O–H groups in total. The third-order valence-corrected chi connectivity index (χ3v) is 4.81. The van der Waals surface area contributed by atoms with E-state index < -0.39 is 0 Å². The number of aromatic nitrogens is 2. The molecule has 0 radical (unpaired) electrons. The summed E-state index contributed by atoms with van der Waals surface area (Å²) in [5.74, 6) is 0.922. The van der Waals surface area contributed by atoms with Gasteiger partial charge in [-0.15, -0.1) is 11.3 Å². The predicted octanol–water partition coefficient (Wildman–Crippen LogP) is 3.04. The van der Waals surface area contributed by atoms with E-state index in [9.17, 15) is 4.79 Å². The zero-order valence-electron chi connectivity index (χ0n) is 12.3. The van der Waals surface area contributed by atoms with Crippen molar-refractivity contribution in [3.63, 3.8) is 0 Å². The van der Waals surface area contributed by atoms with Gasteiger partial charge in [-0.2, -0.15) is 5.10 Å². The number of hydrogen-bond donors (Lipinski definition) is 2. The molecule has 1 atom stereocenters. The highest BCUT2D eigenvalue weighted by Crippen LogP contribution is 2.32. The number of H-pyrrole nitrogens is 1. The Kier molecular flexibility index (Phi) is 3.59. The Morgan fingerprint density at radius 2 is 2.26 bits per heavy atom. The number of nitrogens with zero attached hydrogens (tertiary/aromatic N) is 1. The number of nitrogens with one attached hydrogen (secondary N) is 2. The number of carbonyl (C=O) groups excluding carboxylic acids is 1. The molecule has 3 aromatic rings. The molecule has 0 saturated carbocycles. The van der Waals surface area contributed by atoms with Crippen LogP contribution in [0.25, 0.3) is 10.6 Å². The van der Waals surface area contributed by atoms with E-state index in [1.54, 1.807) is 17.4 Å². The standard InChI is InChI=1S/C17H15N3O2S/c21-17(14-8-13(19-20-14)16-6-3-7-23-16)18-9-11-10-22-15-5-2-1-4-12(11)15/h1-8,11H,9-10H2,(H,18,21)(H,19,20). The Labute approximate surface area is 137 Å². The normalized spacial score (nSPS) is 15.9. The first-order chi connectivity index (χ1) is 11.3. The van der Waals surface area contributed by atoms with E-state index in [0.717, 1.165) is 21.9 Å². The monoisotopic (exact) mass is 325 g/mol. The average Bonchev–Trinajstić information content (AvgIpc) is 3.31. The van der Waals surface area contributed by atoms with Gasteiger partial charge in [0.15, 0.2) is 5.69 Å². The summed E-state index contributed by atoms with van der Waals surface area (Å²) in [7, 11) is 0. The van der Waals surface area contributed by atoms with Gasteiger partial charge in [-0.1, -0.05) is 24.3 Å². The number of para-hydroxylation sites is 1. The van der Waals surface area contributed by atoms with Gasteiger partial charge in [0.25, 0.3) is 5.91 Å². The van der Waals surface area contributed by atoms with Gasteiger partial charge >= 0.3 is 0 Å². The van der Waals surface area contributed by atoms with Gasteiger partial charge in [-0.3, -0.25) is 9.89 Å². The summed E-state index contributed by atoms with van der Waals surface area (Å²) >= 11 is 1.61. The fraction of sp³-hybridized carbons (Fsp3) is 0.176. The summed E-state index contributed by atoms with van der Waals surface area (Å²) in [5.41, 5.74) is 2.41. The molecule has 2 aromatic heterocycles. The molecule has 116 valence electrons. The van der Waals surface area contributed by atoms with Crippen LogP contribution in [-0.4, -0.2) is 29.3 Å². The summed E-state index contributed by atoms with van der Waals surface area (Å²) in [6, 6.07) is 13.7. The third-order valence-electron chi connectivity index (χ3n) is 3.91. The maximum atomic E-state index is 12.3. The van der Waals surface area contributed by atoms with E-state index in [-0.39, 0.29) is 11.8 Å². The van der Waals surface area contributed by atoms with Gasteiger partial charge in [0, 0.05) is 18.0 Å². The lowest BCUT2D eigenvalue weighted by Crippen LogP contribution is -2.29. The average molecular weight is 325 g/mol. The number of aromatic amines is 1. The molecule has 0 spiro atoms. The summed E-state index contributed by atoms with van der Waals surface area (Å²) in [4.78, 5) is 13.3. The zero-order valence-corrected chi connectivity index (χ0v) is 13.1. The van der Waals surface area contributed by atoms with Crippen molar-refractivity contribution in [3.8, 4) is 16.3 Å². The van der Waals surface area contributed by atoms with E-state index in [1.807, 2.05) is 41.8 Å². The van der Waals surface area contributed by atoms with Gasteiger partial charge in [-0.25, -0.2) is 0 Å². The van der Waals surface area contributed by atoms with Gasteiger partial charge in [-0.05, 0) is 23.6 Å². The van der Waals surface area contributed by atoms with Gasteiger partial charge in [0.1, 0.15) is 5.75 Å². The second kappa shape index (κ2) is 5.89. The highest BCUT2D eigenvalue weighted by Gasteiger charge is 2.24. The van der Waals surface area contributed by atoms with Crippen molar-refractivity contribution in [2.24, 2.45) is 0 Å². The molecule has 3 heterocycles. The number of ether oxygens (including phenoxy) is 1. The molecule has 1 unspecified atom stereocenters. The second-order valence-corrected chi connectivity index (χ2v) is 6.35. The van der Waals surface area contributed by atoms with Crippen LogP contribution in [0.3, 0.4) is 0 Å². The molecular formula is C17H15N3O2S. The van der Waals surface area contributed by atoms with E-state index in [0.29, 0.717) is 18.8 Å². The first kappa shape index (κ1) is 14.0. The number of hydrogen-bond acceptors (Lipinski definition) is 4. The molecule has 0 bridgehead atoms. The van der Waals surface area contributed by atoms with E-state index in [2.05, 4.69) is 15.5 Å². The minimum atomic E-state index is -0.173. The van der Waals surface area contributed by atoms with E-state index in [1.165, 1.54) is 0 Å². The highest BCUT2D eigenvalue weighted by molar-refractivity contribution is 7.13. The van der Waals surface area contributed by atoms with Crippen LogP contribution in [0.5, 0.6) is 5.75 Å². The Morgan fingerprint density at radius 1 is 1.35 bits per heavy atom. The number of fused-ring (bicyclic) bond motifs is 1. The maximum absolute atomic E-state index is 12.3. The molecule has 23 heavy (non-hydrogen) atoms. The molecule has 1 aliphatic heterocycles. The van der Waals surface area contributed by atoms with Crippen LogP contribution in [-0.2, 0) is 0 Å². The second-order valence-electron chi connectivity index (χ2n) is 5.40. The first-order valence-corrected chi connectivity index (χ1v) is 8.28. The summed E-state index contributed by atoms with van der Waals surface area (Å²) in [6.45, 7) is 1.14. The molecule has 4 rings (SSSR count). The summed E-state index contributed by atoms with van der Waals surface area (Å²) < 4.78 is 5.63. The SMILES string of the molecule is O=C(NCC1COc2ccccc21)c1cc(-c2cccs2)[nH]n1. The van der Waals surface area contributed by atoms with Gasteiger partial charge < -0.3 is 10.1 Å². The van der Waals surface area contributed by atoms with Crippen LogP contribution in [0.2, 0.25) is 0 Å². The molecular weight excluding hydrogens is 310 g/mol. The van der Waals surface area contributed by atoms with E-state index in [4.69, 9.17) is 4.74 Å². The minimum Gasteiger partial charge on any atom is -0.493 e. The fourth-order valence-corrected chi connectivity index (χ4v) is 3.39. The molecule has 5 nitrogen and oxygen atoms in total. The van der Waals surface area contributed by atoms with Crippen molar-refractivity contribution in [3.05, 3.63) is 59.1 Å². The Bertz CT molecular complexity index is 826. The van der Waals surface area contributed by atoms with Crippen LogP contribution < -0.4 is 10.1 Å². The Balaban J connectivity index is 1.41. The molecule has 0 saturated heterocycles. The van der Waals surface area contributed by atoms with Crippen LogP contribution in [0.15, 0.2) is 47.8 Å². The summed E-state index contributed by atoms with van der Waals surface area (Å²) in [5, 5.41) is 11.9. The van der Waals surface area contributed by atoms with Crippen LogP contribution in [0.4, 0.5) is 0 Å². The first-order valence-electron chi connectivity index (χ1n) is 7.40. The van der Waals surface area contributed by atoms with Crippen molar-refractivity contribution < 1.29 is 9.53 Å². The number of thiophene rings is 1. The number of amides is 1. The van der Waals surface area contributed by atoms with Gasteiger partial charge in [0.05, 0.1) is 17.2 Å². The highest BCUT2D eigenvalue weighted by atomic mass is 32.1. The molecule has 1 aliphatic rings. The quantitative estimate of drug-likeness (QED) is 0.775. The molecule has 1 amide bonds. The Hall–Kier alpha value is -2.60. The van der Waals surface area contributed by atoms with Crippen molar-refractivity contribution in [2.45, 2.75) is 5.92 Å². The number of rotatable bonds is 4. The van der Waals surface area contributed by atoms with Crippen LogP contribution in [0.1, 0.15) is 22.0 Å². The maximum Gasteiger partial charge on any atom is 0.271 e. The molecule has 0 aliphatic carbocycles. The van der Waals surface area contributed by atoms with E-state index >= 15 is 0 Å². The lowest BCUT2D eigenvalue weighted by Gasteiger charge is -2.09. The smallest absolute Gasteiger partial charge is 0.271 e. The lowest BCUT2D eigenvalue weighted by atomic mass is 10.0. The van der Waals surface area contributed by atoms with Crippen molar-refractivity contribution in [2.75, 3.05) is 13.2 Å². The molecule has 0 fully saturated rings. The van der Waals surface area contributed by atoms with Crippen molar-refractivity contribution >= 4 is 17.2 Å². The fourth-order valence-electron chi connectivity index (χ4n) is 2.70. The molecule has 1 aromatic carbocycles. The topological polar surface area (TPSA) is 67.0 Å². The predicted molar refractivity (Wildman–Crippen MR) is 88.9 cm³/mol. The number of benzene rings is 1. The van der Waals surface area contributed by atoms with Crippen LogP contribution >= 0.6 is 11.3 Å². The van der Waals surface area contributed by atoms with Crippen molar-refractivity contribution in [1.29, 1.82) is 0 Å². The largest absolute Gasteiger partial charge is 0.493 e. The Morgan fingerprint density at radius 3 is 3.13 bits per heavy atom. The van der Waals surface area contributed by atoms with Crippen molar-refractivity contribution in [1.82, 2.24) is 15.5 Å². The lowest BCUT2D eigenvalue weighted by molar-refractivity contribution is 0.0945. The zero-order chi connectivity index (χ0) is 15.6. The minimum absolute atomic E-state index is 0.173.